The lowest BCUT2D eigenvalue weighted by molar-refractivity contribution is -0.126. The van der Waals surface area contributed by atoms with Crippen LogP contribution in [0.5, 0.6) is 0 Å². The number of benzene rings is 2. The summed E-state index contributed by atoms with van der Waals surface area (Å²) in [6, 6.07) is 12.8. The fraction of sp³-hybridized carbons (Fsp3) is 0.364. The third-order valence-corrected chi connectivity index (χ3v) is 5.54. The number of aryl methyl sites for hydroxylation is 2. The van der Waals surface area contributed by atoms with Crippen LogP contribution in [0.25, 0.3) is 0 Å². The van der Waals surface area contributed by atoms with Gasteiger partial charge in [-0.25, -0.2) is 4.39 Å². The minimum Gasteiger partial charge on any atom is -0.355 e. The fourth-order valence-corrected chi connectivity index (χ4v) is 4.02. The van der Waals surface area contributed by atoms with E-state index in [0.29, 0.717) is 25.1 Å². The Morgan fingerprint density at radius 2 is 1.96 bits per heavy atom. The number of amides is 2. The van der Waals surface area contributed by atoms with Gasteiger partial charge in [-0.05, 0) is 60.6 Å². The van der Waals surface area contributed by atoms with Crippen LogP contribution < -0.4 is 10.2 Å². The Balaban J connectivity index is 1.34. The molecule has 1 unspecified atom stereocenters. The third-order valence-electron chi connectivity index (χ3n) is 5.54. The van der Waals surface area contributed by atoms with Crippen molar-refractivity contribution in [1.82, 2.24) is 5.32 Å². The number of rotatable bonds is 5. The number of nitrogens with one attached hydrogen (secondary N) is 1. The van der Waals surface area contributed by atoms with E-state index in [-0.39, 0.29) is 30.0 Å². The largest absolute Gasteiger partial charge is 0.355 e. The molecule has 5 heteroatoms. The molecular weight excluding hydrogens is 343 g/mol. The van der Waals surface area contributed by atoms with Crippen LogP contribution in [0, 0.1) is 11.7 Å². The van der Waals surface area contributed by atoms with Crippen molar-refractivity contribution in [1.29, 1.82) is 0 Å². The maximum atomic E-state index is 13.6. The van der Waals surface area contributed by atoms with Crippen molar-refractivity contribution in [3.05, 3.63) is 65.0 Å². The van der Waals surface area contributed by atoms with E-state index in [1.54, 1.807) is 23.1 Å². The Morgan fingerprint density at radius 1 is 1.15 bits per heavy atom. The molecule has 0 aromatic heterocycles. The molecule has 1 atom stereocenters. The summed E-state index contributed by atoms with van der Waals surface area (Å²) in [6.07, 6.45) is 4.00. The Kier molecular flexibility index (Phi) is 4.92. The molecule has 0 spiro atoms. The molecule has 2 aromatic carbocycles. The van der Waals surface area contributed by atoms with E-state index in [2.05, 4.69) is 17.4 Å². The molecule has 27 heavy (non-hydrogen) atoms. The molecule has 1 heterocycles. The van der Waals surface area contributed by atoms with Crippen molar-refractivity contribution < 1.29 is 14.0 Å². The van der Waals surface area contributed by atoms with Crippen molar-refractivity contribution in [3.8, 4) is 0 Å². The summed E-state index contributed by atoms with van der Waals surface area (Å²) >= 11 is 0. The van der Waals surface area contributed by atoms with Gasteiger partial charge in [0.05, 0.1) is 5.92 Å². The molecule has 2 aromatic rings. The first kappa shape index (κ1) is 17.7. The fourth-order valence-electron chi connectivity index (χ4n) is 4.02. The molecule has 2 aliphatic rings. The molecule has 1 aliphatic carbocycles. The van der Waals surface area contributed by atoms with Crippen molar-refractivity contribution in [3.63, 3.8) is 0 Å². The van der Waals surface area contributed by atoms with E-state index >= 15 is 0 Å². The second kappa shape index (κ2) is 7.51. The van der Waals surface area contributed by atoms with E-state index < -0.39 is 0 Å². The van der Waals surface area contributed by atoms with E-state index in [0.717, 1.165) is 18.5 Å². The minimum atomic E-state index is -0.355. The monoisotopic (exact) mass is 366 g/mol. The Bertz CT molecular complexity index is 880. The number of nitrogens with zero attached hydrogens (tertiary/aromatic N) is 1. The van der Waals surface area contributed by atoms with Gasteiger partial charge in [-0.3, -0.25) is 9.59 Å². The first-order valence-corrected chi connectivity index (χ1v) is 9.55. The average molecular weight is 366 g/mol. The topological polar surface area (TPSA) is 49.4 Å². The van der Waals surface area contributed by atoms with Gasteiger partial charge in [0, 0.05) is 25.2 Å². The van der Waals surface area contributed by atoms with Crippen molar-refractivity contribution in [2.24, 2.45) is 5.92 Å². The average Bonchev–Trinajstić information content (AvgIpc) is 3.29. The summed E-state index contributed by atoms with van der Waals surface area (Å²) in [7, 11) is 0. The number of hydrogen-bond acceptors (Lipinski definition) is 2. The Labute approximate surface area is 158 Å². The number of fused-ring (bicyclic) bond motifs is 1. The highest BCUT2D eigenvalue weighted by molar-refractivity contribution is 6.00. The Hall–Kier alpha value is -2.69. The van der Waals surface area contributed by atoms with Gasteiger partial charge in [-0.2, -0.15) is 0 Å². The minimum absolute atomic E-state index is 0.0119. The molecule has 1 fully saturated rings. The van der Waals surface area contributed by atoms with E-state index in [1.807, 2.05) is 6.07 Å². The normalized spacial score (nSPS) is 18.6. The van der Waals surface area contributed by atoms with Crippen molar-refractivity contribution in [2.45, 2.75) is 32.1 Å². The van der Waals surface area contributed by atoms with Crippen LogP contribution in [-0.2, 0) is 28.9 Å². The summed E-state index contributed by atoms with van der Waals surface area (Å²) in [4.78, 5) is 26.6. The van der Waals surface area contributed by atoms with Crippen LogP contribution in [0.1, 0.15) is 29.5 Å². The van der Waals surface area contributed by atoms with Gasteiger partial charge in [-0.1, -0.05) is 24.3 Å². The highest BCUT2D eigenvalue weighted by atomic mass is 19.1. The van der Waals surface area contributed by atoms with E-state index in [9.17, 15) is 14.0 Å². The number of carbonyl (C=O) groups excluding carboxylic acids is 2. The van der Waals surface area contributed by atoms with Gasteiger partial charge in [0.15, 0.2) is 0 Å². The second-order valence-corrected chi connectivity index (χ2v) is 7.34. The van der Waals surface area contributed by atoms with Crippen molar-refractivity contribution in [2.75, 3.05) is 18.0 Å². The zero-order chi connectivity index (χ0) is 18.8. The zero-order valence-electron chi connectivity index (χ0n) is 15.2. The summed E-state index contributed by atoms with van der Waals surface area (Å²) in [5, 5.41) is 2.85. The highest BCUT2D eigenvalue weighted by Crippen LogP contribution is 2.30. The molecule has 1 aliphatic heterocycles. The summed E-state index contributed by atoms with van der Waals surface area (Å²) in [5.41, 5.74) is 4.16. The summed E-state index contributed by atoms with van der Waals surface area (Å²) in [6.45, 7) is 0.770. The maximum absolute atomic E-state index is 13.6. The van der Waals surface area contributed by atoms with Gasteiger partial charge in [0.2, 0.25) is 11.8 Å². The molecule has 4 nitrogen and oxygen atoms in total. The number of anilines is 1. The molecule has 2 amide bonds. The lowest BCUT2D eigenvalue weighted by Crippen LogP contribution is -2.34. The van der Waals surface area contributed by atoms with Crippen LogP contribution in [-0.4, -0.2) is 24.9 Å². The van der Waals surface area contributed by atoms with Crippen LogP contribution in [0.15, 0.2) is 42.5 Å². The zero-order valence-corrected chi connectivity index (χ0v) is 15.2. The predicted octanol–water partition coefficient (Wildman–Crippen LogP) is 3.03. The lowest BCUT2D eigenvalue weighted by Gasteiger charge is -2.18. The molecule has 0 saturated carbocycles. The smallest absolute Gasteiger partial charge is 0.227 e. The quantitative estimate of drug-likeness (QED) is 0.884. The lowest BCUT2D eigenvalue weighted by atomic mass is 10.1. The van der Waals surface area contributed by atoms with Crippen LogP contribution in [0.2, 0.25) is 0 Å². The van der Waals surface area contributed by atoms with Crippen LogP contribution in [0.4, 0.5) is 10.1 Å². The molecular formula is C22H23FN2O2. The highest BCUT2D eigenvalue weighted by Gasteiger charge is 2.35. The van der Waals surface area contributed by atoms with E-state index in [4.69, 9.17) is 0 Å². The number of carbonyl (C=O) groups is 2. The Morgan fingerprint density at radius 3 is 2.81 bits per heavy atom. The number of hydrogen-bond donors (Lipinski definition) is 1. The van der Waals surface area contributed by atoms with Gasteiger partial charge in [0.1, 0.15) is 5.82 Å². The van der Waals surface area contributed by atoms with Crippen molar-refractivity contribution >= 4 is 17.5 Å². The molecule has 1 saturated heterocycles. The van der Waals surface area contributed by atoms with Gasteiger partial charge in [0.25, 0.3) is 0 Å². The molecule has 140 valence electrons. The standard InChI is InChI=1S/C22H23FN2O2/c23-20-7-2-1-4-16(20)10-11-24-22(27)18-13-21(26)25(14-18)19-9-8-15-5-3-6-17(15)12-19/h1-2,4,7-9,12,18H,3,5-6,10-11,13-14H2,(H,24,27). The first-order valence-electron chi connectivity index (χ1n) is 9.55. The predicted molar refractivity (Wildman–Crippen MR) is 102 cm³/mol. The second-order valence-electron chi connectivity index (χ2n) is 7.34. The molecule has 0 bridgehead atoms. The number of halogens is 1. The van der Waals surface area contributed by atoms with Gasteiger partial charge in [-0.15, -0.1) is 0 Å². The van der Waals surface area contributed by atoms with E-state index in [1.165, 1.54) is 23.6 Å². The third kappa shape index (κ3) is 3.72. The summed E-state index contributed by atoms with van der Waals surface area (Å²) in [5.74, 6) is -0.762. The SMILES string of the molecule is O=C(NCCc1ccccc1F)C1CC(=O)N(c2ccc3c(c2)CCC3)C1. The van der Waals surface area contributed by atoms with Crippen LogP contribution >= 0.6 is 0 Å². The molecule has 4 rings (SSSR count). The molecule has 1 N–H and O–H groups in total. The summed E-state index contributed by atoms with van der Waals surface area (Å²) < 4.78 is 13.6. The van der Waals surface area contributed by atoms with Gasteiger partial charge >= 0.3 is 0 Å². The first-order chi connectivity index (χ1) is 13.1. The molecule has 0 radical (unpaired) electrons. The maximum Gasteiger partial charge on any atom is 0.227 e. The van der Waals surface area contributed by atoms with Crippen LogP contribution in [0.3, 0.4) is 0 Å². The van der Waals surface area contributed by atoms with Gasteiger partial charge < -0.3 is 10.2 Å².